The largest absolute Gasteiger partial charge is 0.390 e. The second kappa shape index (κ2) is 13.1. The molecule has 4 heterocycles. The van der Waals surface area contributed by atoms with Gasteiger partial charge in [0.25, 0.3) is 5.91 Å². The van der Waals surface area contributed by atoms with E-state index < -0.39 is 11.9 Å². The molecule has 9 nitrogen and oxygen atoms in total. The summed E-state index contributed by atoms with van der Waals surface area (Å²) >= 11 is 0. The van der Waals surface area contributed by atoms with Crippen molar-refractivity contribution in [3.8, 4) is 23.0 Å². The van der Waals surface area contributed by atoms with Crippen molar-refractivity contribution in [2.24, 2.45) is 0 Å². The highest BCUT2D eigenvalue weighted by Gasteiger charge is 2.30. The van der Waals surface area contributed by atoms with E-state index in [1.165, 1.54) is 24.6 Å². The zero-order valence-electron chi connectivity index (χ0n) is 22.5. The number of aliphatic hydroxyl groups is 1. The van der Waals surface area contributed by atoms with Crippen molar-refractivity contribution in [3.63, 3.8) is 0 Å². The van der Waals surface area contributed by atoms with Gasteiger partial charge in [0.05, 0.1) is 52.5 Å². The maximum absolute atomic E-state index is 14.7. The highest BCUT2D eigenvalue weighted by atomic mass is 19.1. The first-order valence-electron chi connectivity index (χ1n) is 12.9. The summed E-state index contributed by atoms with van der Waals surface area (Å²) in [5.41, 5.74) is 1.79. The number of fused-ring (bicyclic) bond motifs is 1. The summed E-state index contributed by atoms with van der Waals surface area (Å²) in [7, 11) is 1.56. The molecule has 2 aliphatic rings. The Kier molecular flexibility index (Phi) is 9.93. The molecule has 1 fully saturated rings. The van der Waals surface area contributed by atoms with Gasteiger partial charge >= 0.3 is 0 Å². The van der Waals surface area contributed by atoms with E-state index in [4.69, 9.17) is 4.74 Å². The normalized spacial score (nSPS) is 17.8. The first-order valence-corrected chi connectivity index (χ1v) is 12.9. The number of aliphatic hydroxyl groups excluding tert-OH is 1. The predicted octanol–water partition coefficient (Wildman–Crippen LogP) is 4.22. The van der Waals surface area contributed by atoms with E-state index in [0.717, 1.165) is 0 Å². The van der Waals surface area contributed by atoms with Crippen LogP contribution in [0.25, 0.3) is 16.9 Å². The van der Waals surface area contributed by atoms with Gasteiger partial charge in [-0.2, -0.15) is 10.4 Å². The molecule has 0 bridgehead atoms. The van der Waals surface area contributed by atoms with E-state index >= 15 is 0 Å². The van der Waals surface area contributed by atoms with Crippen molar-refractivity contribution < 1.29 is 19.0 Å². The van der Waals surface area contributed by atoms with Crippen molar-refractivity contribution in [1.29, 1.82) is 5.26 Å². The Bertz CT molecular complexity index is 1300. The molecular formula is C28H35FN6O3. The van der Waals surface area contributed by atoms with Crippen molar-refractivity contribution in [3.05, 3.63) is 59.2 Å². The first-order chi connectivity index (χ1) is 18.4. The number of amides is 1. The van der Waals surface area contributed by atoms with Crippen LogP contribution in [0.1, 0.15) is 62.2 Å². The van der Waals surface area contributed by atoms with Gasteiger partial charge in [-0.3, -0.25) is 4.79 Å². The number of piperidine rings is 1. The summed E-state index contributed by atoms with van der Waals surface area (Å²) in [6.45, 7) is 9.55. The SMILES string of the molecule is CC.CCC.CO[C@H]1CN(c2ccn(-c3cc(-c4c(F)cccc4C#N)nc4c3C(=O)NC4)n2)CCC1O. The quantitative estimate of drug-likeness (QED) is 0.527. The average Bonchev–Trinajstić information content (AvgIpc) is 3.57. The fraction of sp³-hybridized carbons (Fsp3) is 0.429. The number of carbonyl (C=O) groups excluding carboxylic acids is 1. The Balaban J connectivity index is 0.000000748. The second-order valence-corrected chi connectivity index (χ2v) is 8.71. The standard InChI is InChI=1S/C23H21FN6O3.C3H8.C2H6/c1-33-19-12-29(7-5-18(19)31)20-6-8-30(28-20)17-9-15(27-16-11-26-23(32)22(16)17)21-13(10-25)3-2-4-14(21)24;1-3-2;1-2/h2-4,6,8-9,18-19,31H,5,7,11-12H2,1H3,(H,26,32);3H2,1-2H3;1-2H3/t18?,19-;;/m0../s1. The number of nitrogens with one attached hydrogen (secondary N) is 1. The molecule has 0 aliphatic carbocycles. The molecule has 0 spiro atoms. The van der Waals surface area contributed by atoms with E-state index in [-0.39, 0.29) is 35.4 Å². The maximum Gasteiger partial charge on any atom is 0.255 e. The Morgan fingerprint density at radius 2 is 2.00 bits per heavy atom. The number of pyridine rings is 1. The van der Waals surface area contributed by atoms with Gasteiger partial charge < -0.3 is 20.1 Å². The number of hydrogen-bond acceptors (Lipinski definition) is 7. The van der Waals surface area contributed by atoms with Crippen molar-refractivity contribution in [1.82, 2.24) is 20.1 Å². The summed E-state index contributed by atoms with van der Waals surface area (Å²) in [5, 5.41) is 26.9. The van der Waals surface area contributed by atoms with E-state index in [0.29, 0.717) is 42.3 Å². The van der Waals surface area contributed by atoms with Crippen LogP contribution in [0.5, 0.6) is 0 Å². The molecule has 202 valence electrons. The van der Waals surface area contributed by atoms with Crippen LogP contribution in [0.4, 0.5) is 10.2 Å². The molecular weight excluding hydrogens is 487 g/mol. The lowest BCUT2D eigenvalue weighted by Crippen LogP contribution is -2.47. The van der Waals surface area contributed by atoms with Gasteiger partial charge in [0.15, 0.2) is 5.82 Å². The zero-order valence-corrected chi connectivity index (χ0v) is 22.5. The van der Waals surface area contributed by atoms with Gasteiger partial charge in [-0.25, -0.2) is 14.1 Å². The van der Waals surface area contributed by atoms with E-state index in [1.54, 1.807) is 24.1 Å². The van der Waals surface area contributed by atoms with Gasteiger partial charge in [0.2, 0.25) is 0 Å². The lowest BCUT2D eigenvalue weighted by atomic mass is 10.0. The smallest absolute Gasteiger partial charge is 0.255 e. The van der Waals surface area contributed by atoms with Gasteiger partial charge in [-0.1, -0.05) is 40.2 Å². The van der Waals surface area contributed by atoms with Crippen LogP contribution < -0.4 is 10.2 Å². The van der Waals surface area contributed by atoms with Gasteiger partial charge in [0, 0.05) is 32.5 Å². The monoisotopic (exact) mass is 522 g/mol. The van der Waals surface area contributed by atoms with Crippen LogP contribution in [0, 0.1) is 17.1 Å². The molecule has 10 heteroatoms. The van der Waals surface area contributed by atoms with Crippen molar-refractivity contribution in [2.75, 3.05) is 25.1 Å². The van der Waals surface area contributed by atoms with Crippen LogP contribution in [-0.4, -0.2) is 58.2 Å². The molecule has 2 aromatic heterocycles. The third-order valence-electron chi connectivity index (χ3n) is 6.08. The molecule has 0 radical (unpaired) electrons. The van der Waals surface area contributed by atoms with E-state index in [9.17, 15) is 19.6 Å². The summed E-state index contributed by atoms with van der Waals surface area (Å²) in [6, 6.07) is 9.67. The maximum atomic E-state index is 14.7. The van der Waals surface area contributed by atoms with E-state index in [1.807, 2.05) is 30.9 Å². The van der Waals surface area contributed by atoms with Crippen LogP contribution >= 0.6 is 0 Å². The number of nitrogens with zero attached hydrogens (tertiary/aromatic N) is 5. The minimum absolute atomic E-state index is 0.0868. The Morgan fingerprint density at radius 3 is 2.68 bits per heavy atom. The number of carbonyl (C=O) groups is 1. The van der Waals surface area contributed by atoms with E-state index in [2.05, 4.69) is 29.2 Å². The number of halogens is 1. The van der Waals surface area contributed by atoms with Crippen LogP contribution in [0.15, 0.2) is 36.5 Å². The minimum atomic E-state index is -0.566. The summed E-state index contributed by atoms with van der Waals surface area (Å²) in [4.78, 5) is 19.0. The molecule has 0 saturated carbocycles. The zero-order chi connectivity index (χ0) is 27.8. The van der Waals surface area contributed by atoms with Gasteiger partial charge in [-0.05, 0) is 24.6 Å². The molecule has 38 heavy (non-hydrogen) atoms. The second-order valence-electron chi connectivity index (χ2n) is 8.71. The average molecular weight is 523 g/mol. The third kappa shape index (κ3) is 5.85. The molecule has 1 saturated heterocycles. The number of benzene rings is 1. The summed E-state index contributed by atoms with van der Waals surface area (Å²) in [6.07, 6.45) is 2.67. The summed E-state index contributed by atoms with van der Waals surface area (Å²) < 4.78 is 21.6. The van der Waals surface area contributed by atoms with Crippen molar-refractivity contribution >= 4 is 11.7 Å². The molecule has 5 rings (SSSR count). The third-order valence-corrected chi connectivity index (χ3v) is 6.08. The van der Waals surface area contributed by atoms with Crippen molar-refractivity contribution in [2.45, 2.75) is 59.3 Å². The number of methoxy groups -OCH3 is 1. The Hall–Kier alpha value is -3.81. The fourth-order valence-electron chi connectivity index (χ4n) is 4.36. The summed E-state index contributed by atoms with van der Waals surface area (Å²) in [5.74, 6) is -0.188. The highest BCUT2D eigenvalue weighted by molar-refractivity contribution is 6.01. The topological polar surface area (TPSA) is 116 Å². The first kappa shape index (κ1) is 28.8. The minimum Gasteiger partial charge on any atom is -0.390 e. The number of ether oxygens (including phenoxy) is 1. The molecule has 1 unspecified atom stereocenters. The molecule has 3 aromatic rings. The molecule has 2 atom stereocenters. The Morgan fingerprint density at radius 1 is 1.26 bits per heavy atom. The predicted molar refractivity (Wildman–Crippen MR) is 144 cm³/mol. The fourth-order valence-corrected chi connectivity index (χ4v) is 4.36. The number of rotatable bonds is 4. The molecule has 1 amide bonds. The van der Waals surface area contributed by atoms with Gasteiger partial charge in [0.1, 0.15) is 11.9 Å². The van der Waals surface area contributed by atoms with Gasteiger partial charge in [-0.15, -0.1) is 0 Å². The lowest BCUT2D eigenvalue weighted by molar-refractivity contribution is -0.0207. The van der Waals surface area contributed by atoms with Crippen LogP contribution in [0.2, 0.25) is 0 Å². The number of nitriles is 1. The Labute approximate surface area is 222 Å². The number of hydrogen-bond donors (Lipinski definition) is 2. The number of aromatic nitrogens is 3. The number of anilines is 1. The van der Waals surface area contributed by atoms with Crippen LogP contribution in [-0.2, 0) is 11.3 Å². The molecule has 2 aliphatic heterocycles. The van der Waals surface area contributed by atoms with Crippen LogP contribution in [0.3, 0.4) is 0 Å². The highest BCUT2D eigenvalue weighted by Crippen LogP contribution is 2.32. The lowest BCUT2D eigenvalue weighted by Gasteiger charge is -2.35. The molecule has 1 aromatic carbocycles. The molecule has 2 N–H and O–H groups in total.